The molecule has 2 aromatic rings. The van der Waals surface area contributed by atoms with Gasteiger partial charge in [-0.25, -0.2) is 4.79 Å². The number of amides is 3. The number of carbonyl (C=O) groups excluding carboxylic acids is 5. The van der Waals surface area contributed by atoms with Crippen LogP contribution in [0.3, 0.4) is 0 Å². The van der Waals surface area contributed by atoms with Gasteiger partial charge in [0.25, 0.3) is 5.69 Å². The Morgan fingerprint density at radius 2 is 1.56 bits per heavy atom. The Morgan fingerprint density at radius 1 is 0.949 bits per heavy atom. The number of carbonyl (C=O) groups is 5. The van der Waals surface area contributed by atoms with Crippen molar-refractivity contribution in [2.45, 2.75) is 43.3 Å². The molecule has 206 valence electrons. The second-order valence-corrected chi connectivity index (χ2v) is 8.82. The molecule has 0 saturated carbocycles. The Balaban J connectivity index is 1.74. The third-order valence-electron chi connectivity index (χ3n) is 6.26. The lowest BCUT2D eigenvalue weighted by molar-refractivity contribution is -0.384. The van der Waals surface area contributed by atoms with E-state index < -0.39 is 65.0 Å². The number of nitro benzene ring substituents is 1. The number of non-ortho nitro benzene ring substituents is 1. The van der Waals surface area contributed by atoms with Gasteiger partial charge in [0.1, 0.15) is 18.1 Å². The molecule has 0 aliphatic carbocycles. The molecule has 3 amide bonds. The van der Waals surface area contributed by atoms with Crippen LogP contribution in [0.4, 0.5) is 5.69 Å². The Morgan fingerprint density at radius 3 is 2.15 bits per heavy atom. The van der Waals surface area contributed by atoms with Crippen LogP contribution in [0.1, 0.15) is 29.9 Å². The summed E-state index contributed by atoms with van der Waals surface area (Å²) in [6.45, 7) is 0. The SMILES string of the molecule is COC(=O)C[C@@H](c1ccc([N+](=O)[O-])cc1)[C@H](NC(=O)C[C@@H]1NC(=O)[C@H](Cc2ccccc2)NC1=O)C(=O)OC. The van der Waals surface area contributed by atoms with Crippen molar-refractivity contribution in [2.75, 3.05) is 14.2 Å². The predicted octanol–water partition coefficient (Wildman–Crippen LogP) is 0.515. The van der Waals surface area contributed by atoms with Crippen molar-refractivity contribution in [1.29, 1.82) is 0 Å². The highest BCUT2D eigenvalue weighted by atomic mass is 16.6. The molecular weight excluding hydrogens is 512 g/mol. The number of ether oxygens (including phenoxy) is 2. The molecule has 39 heavy (non-hydrogen) atoms. The maximum Gasteiger partial charge on any atom is 0.329 e. The fraction of sp³-hybridized carbons (Fsp3) is 0.346. The van der Waals surface area contributed by atoms with Crippen LogP contribution < -0.4 is 16.0 Å². The lowest BCUT2D eigenvalue weighted by Crippen LogP contribution is -2.63. The smallest absolute Gasteiger partial charge is 0.329 e. The second kappa shape index (κ2) is 13.1. The summed E-state index contributed by atoms with van der Waals surface area (Å²) in [7, 11) is 2.24. The third kappa shape index (κ3) is 7.60. The monoisotopic (exact) mass is 540 g/mol. The topological polar surface area (TPSA) is 183 Å². The zero-order chi connectivity index (χ0) is 28.5. The molecule has 13 heteroatoms. The molecule has 0 radical (unpaired) electrons. The van der Waals surface area contributed by atoms with E-state index in [1.807, 2.05) is 30.3 Å². The molecule has 1 saturated heterocycles. The van der Waals surface area contributed by atoms with Gasteiger partial charge in [-0.15, -0.1) is 0 Å². The fourth-order valence-electron chi connectivity index (χ4n) is 4.22. The first-order valence-corrected chi connectivity index (χ1v) is 12.0. The van der Waals surface area contributed by atoms with Crippen LogP contribution in [0.5, 0.6) is 0 Å². The fourth-order valence-corrected chi connectivity index (χ4v) is 4.22. The number of nitrogens with zero attached hydrogens (tertiary/aromatic N) is 1. The highest BCUT2D eigenvalue weighted by molar-refractivity contribution is 5.99. The van der Waals surface area contributed by atoms with E-state index >= 15 is 0 Å². The van der Waals surface area contributed by atoms with Gasteiger partial charge < -0.3 is 25.4 Å². The molecular formula is C26H28N4O9. The summed E-state index contributed by atoms with van der Waals surface area (Å²) in [4.78, 5) is 73.5. The average molecular weight is 541 g/mol. The van der Waals surface area contributed by atoms with Gasteiger partial charge in [0, 0.05) is 24.5 Å². The number of piperazine rings is 1. The molecule has 0 bridgehead atoms. The Hall–Kier alpha value is -4.81. The van der Waals surface area contributed by atoms with Crippen molar-refractivity contribution < 1.29 is 38.4 Å². The van der Waals surface area contributed by atoms with Gasteiger partial charge >= 0.3 is 11.9 Å². The molecule has 3 rings (SSSR count). The summed E-state index contributed by atoms with van der Waals surface area (Å²) in [6.07, 6.45) is -0.587. The van der Waals surface area contributed by atoms with Crippen LogP contribution >= 0.6 is 0 Å². The Labute approximate surface area is 223 Å². The summed E-state index contributed by atoms with van der Waals surface area (Å²) >= 11 is 0. The Bertz CT molecular complexity index is 1230. The van der Waals surface area contributed by atoms with Crippen molar-refractivity contribution in [3.8, 4) is 0 Å². The first kappa shape index (κ1) is 28.8. The van der Waals surface area contributed by atoms with Crippen LogP contribution in [-0.2, 0) is 39.9 Å². The molecule has 1 heterocycles. The molecule has 2 aromatic carbocycles. The number of methoxy groups -OCH3 is 2. The average Bonchev–Trinajstić information content (AvgIpc) is 2.93. The normalized spacial score (nSPS) is 18.1. The van der Waals surface area contributed by atoms with E-state index in [1.165, 1.54) is 24.3 Å². The van der Waals surface area contributed by atoms with E-state index in [0.717, 1.165) is 19.8 Å². The minimum absolute atomic E-state index is 0.209. The van der Waals surface area contributed by atoms with E-state index in [1.54, 1.807) is 0 Å². The number of benzene rings is 2. The molecule has 3 N–H and O–H groups in total. The first-order chi connectivity index (χ1) is 18.6. The van der Waals surface area contributed by atoms with Crippen LogP contribution in [-0.4, -0.2) is 66.9 Å². The van der Waals surface area contributed by atoms with Gasteiger partial charge in [0.05, 0.1) is 32.0 Å². The number of hydrogen-bond acceptors (Lipinski definition) is 9. The van der Waals surface area contributed by atoms with E-state index in [4.69, 9.17) is 9.47 Å². The number of hydrogen-bond donors (Lipinski definition) is 3. The summed E-state index contributed by atoms with van der Waals surface area (Å²) in [5.41, 5.74) is 0.964. The van der Waals surface area contributed by atoms with Crippen LogP contribution in [0.2, 0.25) is 0 Å². The van der Waals surface area contributed by atoms with Gasteiger partial charge in [0.15, 0.2) is 0 Å². The van der Waals surface area contributed by atoms with Crippen molar-refractivity contribution in [2.24, 2.45) is 0 Å². The van der Waals surface area contributed by atoms with Crippen molar-refractivity contribution in [3.63, 3.8) is 0 Å². The number of nitrogens with one attached hydrogen (secondary N) is 3. The molecule has 0 unspecified atom stereocenters. The number of nitro groups is 1. The number of rotatable bonds is 11. The summed E-state index contributed by atoms with van der Waals surface area (Å²) in [5.74, 6) is -4.42. The van der Waals surface area contributed by atoms with Crippen LogP contribution in [0.25, 0.3) is 0 Å². The summed E-state index contributed by atoms with van der Waals surface area (Å²) < 4.78 is 9.55. The zero-order valence-corrected chi connectivity index (χ0v) is 21.2. The highest BCUT2D eigenvalue weighted by Gasteiger charge is 2.38. The van der Waals surface area contributed by atoms with Crippen molar-refractivity contribution in [3.05, 3.63) is 75.8 Å². The minimum Gasteiger partial charge on any atom is -0.469 e. The lowest BCUT2D eigenvalue weighted by Gasteiger charge is -2.30. The largest absolute Gasteiger partial charge is 0.469 e. The van der Waals surface area contributed by atoms with Crippen LogP contribution in [0.15, 0.2) is 54.6 Å². The third-order valence-corrected chi connectivity index (χ3v) is 6.26. The van der Waals surface area contributed by atoms with Crippen molar-refractivity contribution >= 4 is 35.3 Å². The molecule has 13 nitrogen and oxygen atoms in total. The lowest BCUT2D eigenvalue weighted by atomic mass is 9.88. The molecule has 4 atom stereocenters. The minimum atomic E-state index is -1.41. The summed E-state index contributed by atoms with van der Waals surface area (Å²) in [5, 5.41) is 18.7. The Kier molecular flexibility index (Phi) is 9.68. The number of esters is 2. The molecule has 1 fully saturated rings. The molecule has 0 aromatic heterocycles. The second-order valence-electron chi connectivity index (χ2n) is 8.82. The summed E-state index contributed by atoms with van der Waals surface area (Å²) in [6, 6.07) is 10.8. The first-order valence-electron chi connectivity index (χ1n) is 12.0. The highest BCUT2D eigenvalue weighted by Crippen LogP contribution is 2.27. The van der Waals surface area contributed by atoms with E-state index in [-0.39, 0.29) is 18.5 Å². The van der Waals surface area contributed by atoms with Crippen LogP contribution in [0, 0.1) is 10.1 Å². The zero-order valence-electron chi connectivity index (χ0n) is 21.2. The molecule has 0 spiro atoms. The predicted molar refractivity (Wildman–Crippen MR) is 135 cm³/mol. The van der Waals surface area contributed by atoms with Gasteiger partial charge in [-0.05, 0) is 11.1 Å². The quantitative estimate of drug-likeness (QED) is 0.208. The van der Waals surface area contributed by atoms with Gasteiger partial charge in [-0.2, -0.15) is 0 Å². The van der Waals surface area contributed by atoms with E-state index in [0.29, 0.717) is 5.56 Å². The maximum absolute atomic E-state index is 12.9. The van der Waals surface area contributed by atoms with E-state index in [2.05, 4.69) is 16.0 Å². The van der Waals surface area contributed by atoms with Gasteiger partial charge in [-0.1, -0.05) is 42.5 Å². The molecule has 1 aliphatic rings. The van der Waals surface area contributed by atoms with Gasteiger partial charge in [-0.3, -0.25) is 29.3 Å². The van der Waals surface area contributed by atoms with E-state index in [9.17, 15) is 34.1 Å². The van der Waals surface area contributed by atoms with Gasteiger partial charge in [0.2, 0.25) is 17.7 Å². The van der Waals surface area contributed by atoms with Crippen molar-refractivity contribution in [1.82, 2.24) is 16.0 Å². The maximum atomic E-state index is 12.9. The standard InChI is InChI=1S/C26H28N4O9/c1-38-22(32)13-18(16-8-10-17(11-9-16)30(36)37)23(26(35)39-2)29-21(31)14-20-25(34)27-19(24(33)28-20)12-15-6-4-3-5-7-15/h3-11,18-20,23H,12-14H2,1-2H3,(H,27,34)(H,28,33)(H,29,31)/t18-,19-,20-,23-/m0/s1. The molecule has 1 aliphatic heterocycles.